The molecule has 1 aliphatic heterocycles. The number of primary amides is 1. The lowest BCUT2D eigenvalue weighted by Gasteiger charge is -2.29. The number of nitrogens with zero attached hydrogens (tertiary/aromatic N) is 4. The van der Waals surface area contributed by atoms with E-state index in [2.05, 4.69) is 51.5 Å². The molecular formula is C34H37F3N6O2S. The van der Waals surface area contributed by atoms with Crippen LogP contribution in [0.4, 0.5) is 19.0 Å². The predicted octanol–water partition coefficient (Wildman–Crippen LogP) is 7.77. The number of halogens is 3. The van der Waals surface area contributed by atoms with E-state index in [0.717, 1.165) is 70.0 Å². The standard InChI is InChI=1S/C32H34N6O2S.C2H3F3/c1-20-6-4-5-7-25(20)21(2)40-28-18-30(41-31(28)32(33)39)38-19-35-26-16-22(8-9-27(26)38)23-10-13-34-29(17-23)36-24-11-14-37(3)15-12-24;1-2(3,4)5/h4-10,13,16-19,21,24H,11-12,14-15H2,1-3H3,(H2,33,39)(H,34,36);1H3. The highest BCUT2D eigenvalue weighted by molar-refractivity contribution is 7.16. The van der Waals surface area contributed by atoms with Crippen LogP contribution in [-0.2, 0) is 0 Å². The molecule has 0 spiro atoms. The van der Waals surface area contributed by atoms with E-state index in [9.17, 15) is 18.0 Å². The van der Waals surface area contributed by atoms with Crippen LogP contribution in [0.25, 0.3) is 27.2 Å². The van der Waals surface area contributed by atoms with Crippen molar-refractivity contribution >= 4 is 34.1 Å². The summed E-state index contributed by atoms with van der Waals surface area (Å²) in [6, 6.07) is 20.8. The van der Waals surface area contributed by atoms with Crippen molar-refractivity contribution in [2.75, 3.05) is 25.5 Å². The molecule has 1 atom stereocenters. The molecule has 6 rings (SSSR count). The molecule has 0 saturated carbocycles. The molecule has 1 unspecified atom stereocenters. The van der Waals surface area contributed by atoms with Gasteiger partial charge < -0.3 is 20.7 Å². The van der Waals surface area contributed by atoms with Crippen LogP contribution in [-0.4, -0.2) is 57.7 Å². The first kappa shape index (κ1) is 33.0. The van der Waals surface area contributed by atoms with Crippen molar-refractivity contribution in [2.24, 2.45) is 5.73 Å². The summed E-state index contributed by atoms with van der Waals surface area (Å²) in [5, 5.41) is 4.43. The van der Waals surface area contributed by atoms with Gasteiger partial charge in [0.15, 0.2) is 0 Å². The Labute approximate surface area is 270 Å². The molecular weight excluding hydrogens is 613 g/mol. The summed E-state index contributed by atoms with van der Waals surface area (Å²) in [5.41, 5.74) is 11.9. The molecule has 242 valence electrons. The monoisotopic (exact) mass is 650 g/mol. The van der Waals surface area contributed by atoms with Gasteiger partial charge in [0.1, 0.15) is 33.9 Å². The lowest BCUT2D eigenvalue weighted by molar-refractivity contribution is -0.110. The fourth-order valence-corrected chi connectivity index (χ4v) is 6.38. The zero-order valence-corrected chi connectivity index (χ0v) is 27.0. The van der Waals surface area contributed by atoms with Crippen molar-refractivity contribution < 1.29 is 22.7 Å². The number of rotatable bonds is 8. The maximum absolute atomic E-state index is 12.3. The van der Waals surface area contributed by atoms with E-state index in [0.29, 0.717) is 16.7 Å². The van der Waals surface area contributed by atoms with Gasteiger partial charge in [0, 0.05) is 25.2 Å². The first-order valence-corrected chi connectivity index (χ1v) is 15.8. The molecule has 1 aliphatic rings. The minimum Gasteiger partial charge on any atom is -0.484 e. The summed E-state index contributed by atoms with van der Waals surface area (Å²) in [6.07, 6.45) is 1.62. The van der Waals surface area contributed by atoms with E-state index in [4.69, 9.17) is 10.5 Å². The molecule has 4 heterocycles. The fraction of sp³-hybridized carbons (Fsp3) is 0.324. The Hall–Kier alpha value is -4.42. The van der Waals surface area contributed by atoms with Crippen LogP contribution in [0.15, 0.2) is 73.2 Å². The van der Waals surface area contributed by atoms with Gasteiger partial charge in [-0.3, -0.25) is 9.36 Å². The maximum atomic E-state index is 12.3. The Kier molecular flexibility index (Phi) is 9.97. The highest BCUT2D eigenvalue weighted by atomic mass is 32.1. The number of aryl methyl sites for hydroxylation is 1. The van der Waals surface area contributed by atoms with Gasteiger partial charge in [-0.15, -0.1) is 11.3 Å². The lowest BCUT2D eigenvalue weighted by atomic mass is 10.0. The molecule has 3 N–H and O–H groups in total. The van der Waals surface area contributed by atoms with Gasteiger partial charge in [0.2, 0.25) is 0 Å². The number of anilines is 1. The summed E-state index contributed by atoms with van der Waals surface area (Å²) >= 11 is 1.30. The minimum atomic E-state index is -4.00. The van der Waals surface area contributed by atoms with Crippen molar-refractivity contribution in [1.29, 1.82) is 0 Å². The Bertz CT molecular complexity index is 1800. The van der Waals surface area contributed by atoms with E-state index in [-0.39, 0.29) is 13.0 Å². The second-order valence-electron chi connectivity index (χ2n) is 11.5. The number of ether oxygens (including phenoxy) is 1. The van der Waals surface area contributed by atoms with E-state index in [1.54, 1.807) is 6.33 Å². The highest BCUT2D eigenvalue weighted by Gasteiger charge is 2.21. The van der Waals surface area contributed by atoms with E-state index in [1.807, 2.05) is 61.0 Å². The van der Waals surface area contributed by atoms with Crippen molar-refractivity contribution in [3.05, 3.63) is 89.2 Å². The zero-order chi connectivity index (χ0) is 33.0. The molecule has 3 aromatic heterocycles. The number of imidazole rings is 1. The predicted molar refractivity (Wildman–Crippen MR) is 177 cm³/mol. The van der Waals surface area contributed by atoms with Crippen molar-refractivity contribution in [1.82, 2.24) is 19.4 Å². The minimum absolute atomic E-state index is 0.188. The third-order valence-electron chi connectivity index (χ3n) is 7.79. The smallest absolute Gasteiger partial charge is 0.386 e. The number of pyridine rings is 1. The van der Waals surface area contributed by atoms with E-state index < -0.39 is 12.1 Å². The Balaban J connectivity index is 0.000000775. The van der Waals surface area contributed by atoms with Crippen molar-refractivity contribution in [3.8, 4) is 21.9 Å². The molecule has 0 radical (unpaired) electrons. The molecule has 46 heavy (non-hydrogen) atoms. The van der Waals surface area contributed by atoms with Crippen LogP contribution in [0.3, 0.4) is 0 Å². The number of carbonyl (C=O) groups is 1. The average molecular weight is 651 g/mol. The summed E-state index contributed by atoms with van der Waals surface area (Å²) in [6.45, 7) is 6.41. The largest absolute Gasteiger partial charge is 0.484 e. The number of likely N-dealkylation sites (tertiary alicyclic amines) is 1. The summed E-state index contributed by atoms with van der Waals surface area (Å²) in [4.78, 5) is 24.3. The summed E-state index contributed by atoms with van der Waals surface area (Å²) < 4.78 is 39.3. The molecule has 1 saturated heterocycles. The quantitative estimate of drug-likeness (QED) is 0.178. The van der Waals surface area contributed by atoms with Gasteiger partial charge >= 0.3 is 6.18 Å². The third kappa shape index (κ3) is 8.24. The van der Waals surface area contributed by atoms with Crippen molar-refractivity contribution in [3.63, 3.8) is 0 Å². The van der Waals surface area contributed by atoms with Crippen LogP contribution in [0.5, 0.6) is 5.75 Å². The Morgan fingerprint density at radius 3 is 2.46 bits per heavy atom. The Morgan fingerprint density at radius 2 is 1.76 bits per heavy atom. The number of carbonyl (C=O) groups excluding carboxylic acids is 1. The van der Waals surface area contributed by atoms with Gasteiger partial charge in [-0.1, -0.05) is 30.3 Å². The van der Waals surface area contributed by atoms with Gasteiger partial charge in [-0.05, 0) is 93.3 Å². The number of nitrogens with two attached hydrogens (primary N) is 1. The fourth-order valence-electron chi connectivity index (χ4n) is 5.46. The second-order valence-corrected chi connectivity index (χ2v) is 12.5. The molecule has 8 nitrogen and oxygen atoms in total. The maximum Gasteiger partial charge on any atom is 0.386 e. The van der Waals surface area contributed by atoms with Gasteiger partial charge in [0.25, 0.3) is 5.91 Å². The van der Waals surface area contributed by atoms with Crippen LogP contribution in [0.2, 0.25) is 0 Å². The van der Waals surface area contributed by atoms with Crippen LogP contribution in [0.1, 0.15) is 53.6 Å². The molecule has 0 bridgehead atoms. The molecule has 1 fully saturated rings. The summed E-state index contributed by atoms with van der Waals surface area (Å²) in [5.74, 6) is 0.864. The first-order valence-electron chi connectivity index (χ1n) is 15.0. The van der Waals surface area contributed by atoms with Gasteiger partial charge in [0.05, 0.1) is 11.0 Å². The molecule has 12 heteroatoms. The molecule has 5 aromatic rings. The zero-order valence-electron chi connectivity index (χ0n) is 26.1. The van der Waals surface area contributed by atoms with Crippen molar-refractivity contribution in [2.45, 2.75) is 51.9 Å². The van der Waals surface area contributed by atoms with Crippen LogP contribution in [0, 0.1) is 6.92 Å². The van der Waals surface area contributed by atoms with Gasteiger partial charge in [-0.2, -0.15) is 13.2 Å². The number of aromatic nitrogens is 3. The average Bonchev–Trinajstić information content (AvgIpc) is 3.62. The molecule has 0 aliphatic carbocycles. The normalized spacial score (nSPS) is 14.8. The third-order valence-corrected chi connectivity index (χ3v) is 8.92. The number of nitrogens with one attached hydrogen (secondary N) is 1. The number of alkyl halides is 3. The summed E-state index contributed by atoms with van der Waals surface area (Å²) in [7, 11) is 2.17. The van der Waals surface area contributed by atoms with E-state index >= 15 is 0 Å². The van der Waals surface area contributed by atoms with Gasteiger partial charge in [-0.25, -0.2) is 9.97 Å². The topological polar surface area (TPSA) is 98.3 Å². The van der Waals surface area contributed by atoms with Crippen LogP contribution < -0.4 is 15.8 Å². The highest BCUT2D eigenvalue weighted by Crippen LogP contribution is 2.37. The number of thiophene rings is 1. The van der Waals surface area contributed by atoms with E-state index in [1.165, 1.54) is 11.3 Å². The number of amides is 1. The van der Waals surface area contributed by atoms with Crippen LogP contribution >= 0.6 is 11.3 Å². The first-order chi connectivity index (χ1) is 21.9. The SMILES string of the molecule is CC(F)(F)F.Cc1ccccc1C(C)Oc1cc(-n2cnc3cc(-c4ccnc(NC5CCN(C)CC5)c4)ccc32)sc1C(N)=O. The number of piperidine rings is 1. The Morgan fingerprint density at radius 1 is 1.07 bits per heavy atom. The number of benzene rings is 2. The second kappa shape index (κ2) is 13.9. The molecule has 1 amide bonds. The number of hydrogen-bond donors (Lipinski definition) is 2. The number of fused-ring (bicyclic) bond motifs is 1. The molecule has 2 aromatic carbocycles. The number of hydrogen-bond acceptors (Lipinski definition) is 7. The lowest BCUT2D eigenvalue weighted by Crippen LogP contribution is -2.36.